The number of rotatable bonds is 5. The van der Waals surface area contributed by atoms with Gasteiger partial charge in [-0.15, -0.1) is 0 Å². The van der Waals surface area contributed by atoms with E-state index in [4.69, 9.17) is 8.92 Å². The fourth-order valence-corrected chi connectivity index (χ4v) is 3.73. The van der Waals surface area contributed by atoms with E-state index in [2.05, 4.69) is 11.8 Å². The second-order valence-electron chi connectivity index (χ2n) is 5.64. The molecule has 6 heteroatoms. The van der Waals surface area contributed by atoms with Crippen LogP contribution < -0.4 is 4.18 Å². The molecule has 2 aromatic carbocycles. The van der Waals surface area contributed by atoms with E-state index in [1.165, 1.54) is 12.1 Å². The van der Waals surface area contributed by atoms with Crippen molar-refractivity contribution in [3.05, 3.63) is 60.2 Å². The van der Waals surface area contributed by atoms with Crippen LogP contribution in [0.1, 0.15) is 18.6 Å². The minimum atomic E-state index is -3.86. The van der Waals surface area contributed by atoms with Crippen LogP contribution in [0.2, 0.25) is 0 Å². The van der Waals surface area contributed by atoms with Crippen molar-refractivity contribution in [3.63, 3.8) is 0 Å². The van der Waals surface area contributed by atoms with Gasteiger partial charge in [-0.3, -0.25) is 4.90 Å². The summed E-state index contributed by atoms with van der Waals surface area (Å²) in [7, 11) is -3.86. The van der Waals surface area contributed by atoms with E-state index in [0.717, 1.165) is 25.2 Å². The van der Waals surface area contributed by atoms with Crippen LogP contribution in [0.4, 0.5) is 0 Å². The molecule has 0 bridgehead atoms. The fraction of sp³-hybridized carbons (Fsp3) is 0.333. The van der Waals surface area contributed by atoms with Crippen LogP contribution in [0.3, 0.4) is 0 Å². The molecule has 128 valence electrons. The third-order valence-corrected chi connectivity index (χ3v) is 5.34. The van der Waals surface area contributed by atoms with Gasteiger partial charge in [-0.25, -0.2) is 0 Å². The number of hydrogen-bond donors (Lipinski definition) is 0. The van der Waals surface area contributed by atoms with Gasteiger partial charge in [0.2, 0.25) is 0 Å². The molecular weight excluding hydrogens is 326 g/mol. The van der Waals surface area contributed by atoms with Crippen molar-refractivity contribution in [2.75, 3.05) is 26.2 Å². The van der Waals surface area contributed by atoms with E-state index in [9.17, 15) is 8.42 Å². The van der Waals surface area contributed by atoms with E-state index in [1.807, 2.05) is 12.1 Å². The lowest BCUT2D eigenvalue weighted by atomic mass is 10.1. The maximum Gasteiger partial charge on any atom is 0.339 e. The molecule has 0 spiro atoms. The first-order valence-corrected chi connectivity index (χ1v) is 9.43. The lowest BCUT2D eigenvalue weighted by Gasteiger charge is -2.32. The molecule has 24 heavy (non-hydrogen) atoms. The van der Waals surface area contributed by atoms with Crippen LogP contribution >= 0.6 is 0 Å². The molecule has 1 saturated heterocycles. The van der Waals surface area contributed by atoms with E-state index in [0.29, 0.717) is 12.4 Å². The molecule has 3 rings (SSSR count). The van der Waals surface area contributed by atoms with Crippen molar-refractivity contribution in [2.45, 2.75) is 17.9 Å². The molecule has 5 nitrogen and oxygen atoms in total. The third kappa shape index (κ3) is 3.77. The molecule has 1 aliphatic rings. The van der Waals surface area contributed by atoms with E-state index < -0.39 is 10.1 Å². The topological polar surface area (TPSA) is 55.8 Å². The van der Waals surface area contributed by atoms with Gasteiger partial charge in [-0.2, -0.15) is 8.42 Å². The van der Waals surface area contributed by atoms with Crippen LogP contribution in [0.15, 0.2) is 59.5 Å². The SMILES string of the molecule is CCN1CCO[C@@H](c2ccccc2OS(=O)(=O)c2ccccc2)C1. The smallest absolute Gasteiger partial charge is 0.339 e. The quantitative estimate of drug-likeness (QED) is 0.779. The first kappa shape index (κ1) is 17.0. The summed E-state index contributed by atoms with van der Waals surface area (Å²) in [6.45, 7) is 5.27. The number of para-hydroxylation sites is 1. The van der Waals surface area contributed by atoms with Crippen LogP contribution in [-0.4, -0.2) is 39.6 Å². The van der Waals surface area contributed by atoms with Crippen LogP contribution in [0.5, 0.6) is 5.75 Å². The van der Waals surface area contributed by atoms with Gasteiger partial charge in [0, 0.05) is 18.7 Å². The molecule has 0 unspecified atom stereocenters. The second-order valence-corrected chi connectivity index (χ2v) is 7.19. The Morgan fingerprint density at radius 2 is 1.83 bits per heavy atom. The van der Waals surface area contributed by atoms with Crippen molar-refractivity contribution in [1.29, 1.82) is 0 Å². The number of nitrogens with zero attached hydrogens (tertiary/aromatic N) is 1. The minimum absolute atomic E-state index is 0.138. The van der Waals surface area contributed by atoms with E-state index in [-0.39, 0.29) is 11.0 Å². The summed E-state index contributed by atoms with van der Waals surface area (Å²) in [5, 5.41) is 0. The summed E-state index contributed by atoms with van der Waals surface area (Å²) in [4.78, 5) is 2.41. The molecule has 0 N–H and O–H groups in total. The Balaban J connectivity index is 1.87. The normalized spacial score (nSPS) is 19.1. The highest BCUT2D eigenvalue weighted by atomic mass is 32.2. The highest BCUT2D eigenvalue weighted by molar-refractivity contribution is 7.87. The zero-order valence-electron chi connectivity index (χ0n) is 13.6. The highest BCUT2D eigenvalue weighted by Gasteiger charge is 2.26. The van der Waals surface area contributed by atoms with Crippen molar-refractivity contribution in [2.24, 2.45) is 0 Å². The fourth-order valence-electron chi connectivity index (χ4n) is 2.75. The predicted molar refractivity (Wildman–Crippen MR) is 91.5 cm³/mol. The lowest BCUT2D eigenvalue weighted by Crippen LogP contribution is -2.38. The Kier molecular flexibility index (Phi) is 5.18. The number of benzene rings is 2. The summed E-state index contributed by atoms with van der Waals surface area (Å²) in [6, 6.07) is 15.3. The lowest BCUT2D eigenvalue weighted by molar-refractivity contribution is -0.0287. The van der Waals surface area contributed by atoms with Crippen LogP contribution in [-0.2, 0) is 14.9 Å². The predicted octanol–water partition coefficient (Wildman–Crippen LogP) is 2.85. The molecule has 2 aromatic rings. The Morgan fingerprint density at radius 3 is 2.58 bits per heavy atom. The van der Waals surface area contributed by atoms with Gasteiger partial charge in [0.05, 0.1) is 12.7 Å². The van der Waals surface area contributed by atoms with Crippen molar-refractivity contribution in [3.8, 4) is 5.75 Å². The summed E-state index contributed by atoms with van der Waals surface area (Å²) in [5.74, 6) is 0.323. The second kappa shape index (κ2) is 7.34. The summed E-state index contributed by atoms with van der Waals surface area (Å²) in [6.07, 6.45) is -0.194. The van der Waals surface area contributed by atoms with Gasteiger partial charge in [0.1, 0.15) is 10.6 Å². The summed E-state index contributed by atoms with van der Waals surface area (Å²) < 4.78 is 36.2. The average Bonchev–Trinajstić information content (AvgIpc) is 2.63. The molecule has 1 fully saturated rings. The molecule has 0 aliphatic carbocycles. The number of ether oxygens (including phenoxy) is 1. The largest absolute Gasteiger partial charge is 0.379 e. The molecule has 0 amide bonds. The molecular formula is C18H21NO4S. The summed E-state index contributed by atoms with van der Waals surface area (Å²) in [5.41, 5.74) is 0.759. The van der Waals surface area contributed by atoms with Gasteiger partial charge >= 0.3 is 10.1 Å². The Bertz CT molecular complexity index is 777. The monoisotopic (exact) mass is 347 g/mol. The van der Waals surface area contributed by atoms with E-state index >= 15 is 0 Å². The third-order valence-electron chi connectivity index (χ3n) is 4.10. The highest BCUT2D eigenvalue weighted by Crippen LogP contribution is 2.32. The number of likely N-dealkylation sites (N-methyl/N-ethyl adjacent to an activating group) is 1. The molecule has 0 aromatic heterocycles. The van der Waals surface area contributed by atoms with Gasteiger partial charge in [0.15, 0.2) is 0 Å². The first-order chi connectivity index (χ1) is 11.6. The maximum absolute atomic E-state index is 12.5. The van der Waals surface area contributed by atoms with Gasteiger partial charge in [0.25, 0.3) is 0 Å². The molecule has 0 radical (unpaired) electrons. The maximum atomic E-state index is 12.5. The molecule has 1 atom stereocenters. The number of hydrogen-bond acceptors (Lipinski definition) is 5. The van der Waals surface area contributed by atoms with Crippen molar-refractivity contribution >= 4 is 10.1 Å². The number of morpholine rings is 1. The Morgan fingerprint density at radius 1 is 1.12 bits per heavy atom. The molecule has 0 saturated carbocycles. The van der Waals surface area contributed by atoms with Crippen molar-refractivity contribution < 1.29 is 17.3 Å². The molecule has 1 heterocycles. The van der Waals surface area contributed by atoms with Crippen LogP contribution in [0, 0.1) is 0 Å². The molecule has 1 aliphatic heterocycles. The first-order valence-electron chi connectivity index (χ1n) is 8.02. The minimum Gasteiger partial charge on any atom is -0.379 e. The van der Waals surface area contributed by atoms with E-state index in [1.54, 1.807) is 30.3 Å². The van der Waals surface area contributed by atoms with Gasteiger partial charge in [-0.05, 0) is 24.7 Å². The van der Waals surface area contributed by atoms with Crippen molar-refractivity contribution in [1.82, 2.24) is 4.90 Å². The average molecular weight is 347 g/mol. The zero-order chi connectivity index (χ0) is 17.0. The Hall–Kier alpha value is -1.89. The standard InChI is InChI=1S/C18H21NO4S/c1-2-19-12-13-22-18(14-19)16-10-6-7-11-17(16)23-24(20,21)15-8-4-3-5-9-15/h3-11,18H,2,12-14H2,1H3/t18-/m1/s1. The summed E-state index contributed by atoms with van der Waals surface area (Å²) >= 11 is 0. The zero-order valence-corrected chi connectivity index (χ0v) is 14.4. The van der Waals surface area contributed by atoms with Gasteiger partial charge < -0.3 is 8.92 Å². The van der Waals surface area contributed by atoms with Crippen LogP contribution in [0.25, 0.3) is 0 Å². The Labute approximate surface area is 142 Å². The van der Waals surface area contributed by atoms with Gasteiger partial charge in [-0.1, -0.05) is 43.3 Å².